The van der Waals surface area contributed by atoms with E-state index >= 15 is 0 Å². The molecule has 6 nitrogen and oxygen atoms in total. The van der Waals surface area contributed by atoms with Crippen LogP contribution in [-0.4, -0.2) is 32.9 Å². The van der Waals surface area contributed by atoms with Crippen molar-refractivity contribution in [1.82, 2.24) is 5.43 Å². The fraction of sp³-hybridized carbons (Fsp3) is 0.222. The molecule has 0 aliphatic rings. The van der Waals surface area contributed by atoms with Crippen molar-refractivity contribution in [3.63, 3.8) is 0 Å². The maximum atomic E-state index is 12.1. The van der Waals surface area contributed by atoms with E-state index in [1.54, 1.807) is 50.8 Å². The number of hydrogen-bond donors (Lipinski definition) is 1. The lowest BCUT2D eigenvalue weighted by molar-refractivity contribution is 0.0955. The smallest absolute Gasteiger partial charge is 0.271 e. The zero-order chi connectivity index (χ0) is 18.2. The van der Waals surface area contributed by atoms with Gasteiger partial charge in [0, 0.05) is 5.56 Å². The number of ether oxygens (including phenoxy) is 3. The lowest BCUT2D eigenvalue weighted by atomic mass is 10.2. The number of benzene rings is 2. The van der Waals surface area contributed by atoms with Crippen LogP contribution in [0.4, 0.5) is 0 Å². The van der Waals surface area contributed by atoms with Crippen molar-refractivity contribution in [1.29, 1.82) is 0 Å². The first-order chi connectivity index (χ1) is 12.1. The molecular formula is C18H19IN2O4. The molecule has 0 aliphatic heterocycles. The van der Waals surface area contributed by atoms with E-state index in [1.165, 1.54) is 0 Å². The van der Waals surface area contributed by atoms with Gasteiger partial charge in [0.15, 0.2) is 11.5 Å². The molecule has 0 aliphatic carbocycles. The maximum absolute atomic E-state index is 12.1. The Balaban J connectivity index is 2.11. The monoisotopic (exact) mass is 454 g/mol. The molecule has 0 heterocycles. The molecule has 7 heteroatoms. The van der Waals surface area contributed by atoms with Gasteiger partial charge in [0.1, 0.15) is 5.75 Å². The SMILES string of the molecule is CCOc1c(I)cc(/C=N/NC(=O)c2cccc(OC)c2)cc1OC. The van der Waals surface area contributed by atoms with E-state index < -0.39 is 0 Å². The molecule has 2 aromatic rings. The molecule has 1 N–H and O–H groups in total. The van der Waals surface area contributed by atoms with Crippen molar-refractivity contribution in [2.75, 3.05) is 20.8 Å². The Kier molecular flexibility index (Phi) is 7.05. The molecule has 0 bridgehead atoms. The predicted octanol–water partition coefficient (Wildman–Crippen LogP) is 3.47. The van der Waals surface area contributed by atoms with Crippen LogP contribution < -0.4 is 19.6 Å². The van der Waals surface area contributed by atoms with Crippen LogP contribution in [0.15, 0.2) is 41.5 Å². The molecule has 0 saturated heterocycles. The highest BCUT2D eigenvalue weighted by molar-refractivity contribution is 14.1. The van der Waals surface area contributed by atoms with Crippen LogP contribution >= 0.6 is 22.6 Å². The zero-order valence-corrected chi connectivity index (χ0v) is 16.4. The number of carbonyl (C=O) groups is 1. The highest BCUT2D eigenvalue weighted by Gasteiger charge is 2.10. The molecule has 1 amide bonds. The van der Waals surface area contributed by atoms with Crippen molar-refractivity contribution in [3.05, 3.63) is 51.1 Å². The summed E-state index contributed by atoms with van der Waals surface area (Å²) in [5, 5.41) is 4.00. The zero-order valence-electron chi connectivity index (χ0n) is 14.2. The highest BCUT2D eigenvalue weighted by atomic mass is 127. The number of carbonyl (C=O) groups excluding carboxylic acids is 1. The average molecular weight is 454 g/mol. The molecule has 0 fully saturated rings. The summed E-state index contributed by atoms with van der Waals surface area (Å²) >= 11 is 2.17. The van der Waals surface area contributed by atoms with E-state index in [4.69, 9.17) is 14.2 Å². The van der Waals surface area contributed by atoms with Gasteiger partial charge in [-0.05, 0) is 65.4 Å². The maximum Gasteiger partial charge on any atom is 0.271 e. The Morgan fingerprint density at radius 3 is 2.72 bits per heavy atom. The number of methoxy groups -OCH3 is 2. The third kappa shape index (κ3) is 5.09. The summed E-state index contributed by atoms with van der Waals surface area (Å²) in [4.78, 5) is 12.1. The molecule has 0 saturated carbocycles. The number of nitrogens with zero attached hydrogens (tertiary/aromatic N) is 1. The molecule has 0 unspecified atom stereocenters. The fourth-order valence-corrected chi connectivity index (χ4v) is 2.87. The van der Waals surface area contributed by atoms with E-state index in [-0.39, 0.29) is 5.91 Å². The minimum atomic E-state index is -0.317. The molecule has 25 heavy (non-hydrogen) atoms. The van der Waals surface area contributed by atoms with Crippen molar-refractivity contribution in [2.45, 2.75) is 6.92 Å². The minimum Gasteiger partial charge on any atom is -0.497 e. The summed E-state index contributed by atoms with van der Waals surface area (Å²) < 4.78 is 16.9. The van der Waals surface area contributed by atoms with Crippen LogP contribution in [-0.2, 0) is 0 Å². The largest absolute Gasteiger partial charge is 0.497 e. The number of hydrogen-bond acceptors (Lipinski definition) is 5. The standard InChI is InChI=1S/C18H19IN2O4/c1-4-25-17-15(19)8-12(9-16(17)24-3)11-20-21-18(22)13-6-5-7-14(10-13)23-2/h5-11H,4H2,1-3H3,(H,21,22)/b20-11+. The van der Waals surface area contributed by atoms with Crippen LogP contribution in [0.1, 0.15) is 22.8 Å². The second-order valence-corrected chi connectivity index (χ2v) is 6.06. The first-order valence-electron chi connectivity index (χ1n) is 7.56. The quantitative estimate of drug-likeness (QED) is 0.395. The van der Waals surface area contributed by atoms with E-state index in [9.17, 15) is 4.79 Å². The summed E-state index contributed by atoms with van der Waals surface area (Å²) in [6.45, 7) is 2.47. The van der Waals surface area contributed by atoms with Crippen LogP contribution in [0, 0.1) is 3.57 Å². The molecule has 0 spiro atoms. The van der Waals surface area contributed by atoms with Gasteiger partial charge in [-0.1, -0.05) is 6.07 Å². The van der Waals surface area contributed by atoms with E-state index in [0.29, 0.717) is 29.4 Å². The summed E-state index contributed by atoms with van der Waals surface area (Å²) in [6, 6.07) is 10.6. The first-order valence-corrected chi connectivity index (χ1v) is 8.64. The third-order valence-electron chi connectivity index (χ3n) is 3.25. The lowest BCUT2D eigenvalue weighted by Gasteiger charge is -2.12. The molecular weight excluding hydrogens is 435 g/mol. The van der Waals surface area contributed by atoms with Gasteiger partial charge in [-0.15, -0.1) is 0 Å². The molecule has 0 radical (unpaired) electrons. The van der Waals surface area contributed by atoms with Gasteiger partial charge in [0.25, 0.3) is 5.91 Å². The Hall–Kier alpha value is -2.29. The summed E-state index contributed by atoms with van der Waals surface area (Å²) in [6.07, 6.45) is 1.55. The molecule has 132 valence electrons. The first kappa shape index (κ1) is 19.0. The number of halogens is 1. The molecule has 2 aromatic carbocycles. The van der Waals surface area contributed by atoms with Gasteiger partial charge < -0.3 is 14.2 Å². The Bertz CT molecular complexity index is 778. The number of hydrazone groups is 1. The Labute approximate surface area is 160 Å². The van der Waals surface area contributed by atoms with Crippen LogP contribution in [0.25, 0.3) is 0 Å². The average Bonchev–Trinajstić information content (AvgIpc) is 2.63. The van der Waals surface area contributed by atoms with Crippen LogP contribution in [0.2, 0.25) is 0 Å². The number of nitrogens with one attached hydrogen (secondary N) is 1. The van der Waals surface area contributed by atoms with Gasteiger partial charge in [0.05, 0.1) is 30.6 Å². The van der Waals surface area contributed by atoms with Gasteiger partial charge in [-0.2, -0.15) is 5.10 Å². The third-order valence-corrected chi connectivity index (χ3v) is 4.05. The minimum absolute atomic E-state index is 0.317. The van der Waals surface area contributed by atoms with Gasteiger partial charge in [-0.3, -0.25) is 4.79 Å². The molecule has 2 rings (SSSR count). The fourth-order valence-electron chi connectivity index (χ4n) is 2.09. The van der Waals surface area contributed by atoms with Crippen molar-refractivity contribution < 1.29 is 19.0 Å². The second-order valence-electron chi connectivity index (χ2n) is 4.90. The van der Waals surface area contributed by atoms with Gasteiger partial charge in [-0.25, -0.2) is 5.43 Å². The number of rotatable bonds is 7. The van der Waals surface area contributed by atoms with E-state index in [0.717, 1.165) is 9.13 Å². The Morgan fingerprint density at radius 1 is 1.24 bits per heavy atom. The summed E-state index contributed by atoms with van der Waals surface area (Å²) in [5.41, 5.74) is 3.75. The van der Waals surface area contributed by atoms with Gasteiger partial charge in [0.2, 0.25) is 0 Å². The lowest BCUT2D eigenvalue weighted by Crippen LogP contribution is -2.17. The van der Waals surface area contributed by atoms with Gasteiger partial charge >= 0.3 is 0 Å². The molecule has 0 atom stereocenters. The molecule has 0 aromatic heterocycles. The second kappa shape index (κ2) is 9.26. The summed E-state index contributed by atoms with van der Waals surface area (Å²) in [5.74, 6) is 1.61. The van der Waals surface area contributed by atoms with Crippen molar-refractivity contribution in [2.24, 2.45) is 5.10 Å². The number of amides is 1. The Morgan fingerprint density at radius 2 is 2.04 bits per heavy atom. The summed E-state index contributed by atoms with van der Waals surface area (Å²) in [7, 11) is 3.13. The van der Waals surface area contributed by atoms with E-state index in [1.807, 2.05) is 13.0 Å². The highest BCUT2D eigenvalue weighted by Crippen LogP contribution is 2.33. The van der Waals surface area contributed by atoms with Crippen LogP contribution in [0.3, 0.4) is 0 Å². The normalized spacial score (nSPS) is 10.6. The van der Waals surface area contributed by atoms with Crippen LogP contribution in [0.5, 0.6) is 17.2 Å². The predicted molar refractivity (Wildman–Crippen MR) is 105 cm³/mol. The van der Waals surface area contributed by atoms with Crippen molar-refractivity contribution >= 4 is 34.7 Å². The van der Waals surface area contributed by atoms with E-state index in [2.05, 4.69) is 33.1 Å². The van der Waals surface area contributed by atoms with Crippen molar-refractivity contribution in [3.8, 4) is 17.2 Å². The topological polar surface area (TPSA) is 69.2 Å².